The van der Waals surface area contributed by atoms with E-state index < -0.39 is 0 Å². The molecule has 100 valence electrons. The van der Waals surface area contributed by atoms with Crippen molar-refractivity contribution < 1.29 is 4.79 Å². The summed E-state index contributed by atoms with van der Waals surface area (Å²) in [5.41, 5.74) is 1.48. The summed E-state index contributed by atoms with van der Waals surface area (Å²) in [5.74, 6) is -0.0479. The van der Waals surface area contributed by atoms with Crippen LogP contribution >= 0.6 is 0 Å². The highest BCUT2D eigenvalue weighted by Crippen LogP contribution is 2.01. The van der Waals surface area contributed by atoms with Gasteiger partial charge >= 0.3 is 0 Å². The average Bonchev–Trinajstić information content (AvgIpc) is 2.70. The molecule has 2 heterocycles. The van der Waals surface area contributed by atoms with Crippen molar-refractivity contribution in [1.82, 2.24) is 25.3 Å². The van der Waals surface area contributed by atoms with Gasteiger partial charge in [-0.15, -0.1) is 0 Å². The van der Waals surface area contributed by atoms with Crippen molar-refractivity contribution in [3.8, 4) is 0 Å². The van der Waals surface area contributed by atoms with E-state index in [-0.39, 0.29) is 5.91 Å². The van der Waals surface area contributed by atoms with Gasteiger partial charge in [0.15, 0.2) is 0 Å². The first-order valence-corrected chi connectivity index (χ1v) is 6.39. The van der Waals surface area contributed by atoms with Crippen molar-refractivity contribution >= 4 is 5.91 Å². The number of amides is 1. The molecule has 0 radical (unpaired) electrons. The Hall–Kier alpha value is -1.40. The molecule has 0 spiro atoms. The molecule has 1 aliphatic heterocycles. The number of aryl methyl sites for hydroxylation is 2. The van der Waals surface area contributed by atoms with E-state index in [0.717, 1.165) is 38.4 Å². The first-order chi connectivity index (χ1) is 8.66. The maximum atomic E-state index is 11.9. The third-order valence-electron chi connectivity index (χ3n) is 3.16. The maximum absolute atomic E-state index is 11.9. The molecule has 0 saturated carbocycles. The van der Waals surface area contributed by atoms with Crippen molar-refractivity contribution in [2.45, 2.75) is 6.92 Å². The minimum atomic E-state index is -0.0479. The smallest absolute Gasteiger partial charge is 0.269 e. The van der Waals surface area contributed by atoms with Gasteiger partial charge in [0.05, 0.1) is 5.69 Å². The number of rotatable bonds is 4. The van der Waals surface area contributed by atoms with Crippen molar-refractivity contribution in [3.05, 3.63) is 17.5 Å². The minimum Gasteiger partial charge on any atom is -0.349 e. The second-order valence-corrected chi connectivity index (χ2v) is 4.64. The molecule has 1 amide bonds. The van der Waals surface area contributed by atoms with E-state index in [1.807, 2.05) is 6.92 Å². The highest BCUT2D eigenvalue weighted by Gasteiger charge is 2.12. The molecule has 6 nitrogen and oxygen atoms in total. The molecule has 1 saturated heterocycles. The largest absolute Gasteiger partial charge is 0.349 e. The number of aromatic nitrogens is 2. The molecule has 1 aromatic heterocycles. The summed E-state index contributed by atoms with van der Waals surface area (Å²) in [4.78, 5) is 14.3. The van der Waals surface area contributed by atoms with Gasteiger partial charge in [0, 0.05) is 46.3 Å². The van der Waals surface area contributed by atoms with E-state index in [0.29, 0.717) is 12.2 Å². The van der Waals surface area contributed by atoms with E-state index in [4.69, 9.17) is 0 Å². The second-order valence-electron chi connectivity index (χ2n) is 4.64. The number of nitrogens with one attached hydrogen (secondary N) is 2. The van der Waals surface area contributed by atoms with Gasteiger partial charge in [-0.05, 0) is 13.0 Å². The summed E-state index contributed by atoms with van der Waals surface area (Å²) in [6.07, 6.45) is 0. The Morgan fingerprint density at radius 1 is 1.50 bits per heavy atom. The van der Waals surface area contributed by atoms with Crippen LogP contribution in [0, 0.1) is 6.92 Å². The standard InChI is InChI=1S/C12H21N5O/c1-10-9-11(16(2)15-10)12(18)14-5-8-17-6-3-13-4-7-17/h9,13H,3-8H2,1-2H3,(H,14,18). The van der Waals surface area contributed by atoms with E-state index >= 15 is 0 Å². The molecular formula is C12H21N5O. The van der Waals surface area contributed by atoms with Crippen LogP contribution in [0.5, 0.6) is 0 Å². The molecule has 2 N–H and O–H groups in total. The molecular weight excluding hydrogens is 230 g/mol. The fraction of sp³-hybridized carbons (Fsp3) is 0.667. The highest BCUT2D eigenvalue weighted by molar-refractivity contribution is 5.92. The number of hydrogen-bond donors (Lipinski definition) is 2. The van der Waals surface area contributed by atoms with Crippen molar-refractivity contribution in [1.29, 1.82) is 0 Å². The number of carbonyl (C=O) groups excluding carboxylic acids is 1. The lowest BCUT2D eigenvalue weighted by molar-refractivity contribution is 0.0938. The van der Waals surface area contributed by atoms with Crippen LogP contribution < -0.4 is 10.6 Å². The molecule has 1 fully saturated rings. The lowest BCUT2D eigenvalue weighted by atomic mass is 10.3. The molecule has 0 aromatic carbocycles. The zero-order chi connectivity index (χ0) is 13.0. The first kappa shape index (κ1) is 13.0. The fourth-order valence-corrected chi connectivity index (χ4v) is 2.18. The van der Waals surface area contributed by atoms with E-state index in [2.05, 4.69) is 20.6 Å². The van der Waals surface area contributed by atoms with Crippen LogP contribution in [0.2, 0.25) is 0 Å². The van der Waals surface area contributed by atoms with Gasteiger partial charge in [-0.1, -0.05) is 0 Å². The summed E-state index contributed by atoms with van der Waals surface area (Å²) in [7, 11) is 1.79. The Balaban J connectivity index is 1.76. The molecule has 1 aromatic rings. The Labute approximate surface area is 107 Å². The van der Waals surface area contributed by atoms with Gasteiger partial charge in [0.25, 0.3) is 5.91 Å². The Morgan fingerprint density at radius 3 is 2.83 bits per heavy atom. The Kier molecular flexibility index (Phi) is 4.33. The quantitative estimate of drug-likeness (QED) is 0.747. The third-order valence-corrected chi connectivity index (χ3v) is 3.16. The second kappa shape index (κ2) is 5.97. The highest BCUT2D eigenvalue weighted by atomic mass is 16.2. The predicted molar refractivity (Wildman–Crippen MR) is 69.6 cm³/mol. The monoisotopic (exact) mass is 251 g/mol. The van der Waals surface area contributed by atoms with Gasteiger partial charge in [0.1, 0.15) is 5.69 Å². The lowest BCUT2D eigenvalue weighted by Crippen LogP contribution is -2.46. The average molecular weight is 251 g/mol. The zero-order valence-corrected chi connectivity index (χ0v) is 11.1. The maximum Gasteiger partial charge on any atom is 0.269 e. The summed E-state index contributed by atoms with van der Waals surface area (Å²) in [6, 6.07) is 1.81. The summed E-state index contributed by atoms with van der Waals surface area (Å²) < 4.78 is 1.62. The van der Waals surface area contributed by atoms with Crippen LogP contribution in [0.15, 0.2) is 6.07 Å². The van der Waals surface area contributed by atoms with Gasteiger partial charge < -0.3 is 10.6 Å². The number of carbonyl (C=O) groups is 1. The summed E-state index contributed by atoms with van der Waals surface area (Å²) >= 11 is 0. The summed E-state index contributed by atoms with van der Waals surface area (Å²) in [6.45, 7) is 7.66. The van der Waals surface area contributed by atoms with Crippen molar-refractivity contribution in [3.63, 3.8) is 0 Å². The molecule has 0 unspecified atom stereocenters. The normalized spacial score (nSPS) is 16.8. The van der Waals surface area contributed by atoms with Crippen molar-refractivity contribution in [2.75, 3.05) is 39.3 Å². The lowest BCUT2D eigenvalue weighted by Gasteiger charge is -2.27. The topological polar surface area (TPSA) is 62.2 Å². The molecule has 0 atom stereocenters. The van der Waals surface area contributed by atoms with E-state index in [1.165, 1.54) is 0 Å². The van der Waals surface area contributed by atoms with E-state index in [1.54, 1.807) is 17.8 Å². The summed E-state index contributed by atoms with van der Waals surface area (Å²) in [5, 5.41) is 10.4. The fourth-order valence-electron chi connectivity index (χ4n) is 2.18. The zero-order valence-electron chi connectivity index (χ0n) is 11.1. The first-order valence-electron chi connectivity index (χ1n) is 6.39. The number of hydrogen-bond acceptors (Lipinski definition) is 4. The number of piperazine rings is 1. The Bertz CT molecular complexity index is 409. The van der Waals surface area contributed by atoms with E-state index in [9.17, 15) is 4.79 Å². The van der Waals surface area contributed by atoms with Crippen LogP contribution in [-0.4, -0.2) is 59.9 Å². The van der Waals surface area contributed by atoms with Crippen LogP contribution in [0.3, 0.4) is 0 Å². The third kappa shape index (κ3) is 3.30. The number of nitrogens with zero attached hydrogens (tertiary/aromatic N) is 3. The van der Waals surface area contributed by atoms with Crippen LogP contribution in [0.25, 0.3) is 0 Å². The SMILES string of the molecule is Cc1cc(C(=O)NCCN2CCNCC2)n(C)n1. The Morgan fingerprint density at radius 2 is 2.22 bits per heavy atom. The van der Waals surface area contributed by atoms with Crippen LogP contribution in [-0.2, 0) is 7.05 Å². The molecule has 0 aliphatic carbocycles. The van der Waals surface area contributed by atoms with Gasteiger partial charge in [0.2, 0.25) is 0 Å². The van der Waals surface area contributed by atoms with Crippen molar-refractivity contribution in [2.24, 2.45) is 7.05 Å². The molecule has 6 heteroatoms. The van der Waals surface area contributed by atoms with Crippen LogP contribution in [0.4, 0.5) is 0 Å². The van der Waals surface area contributed by atoms with Crippen LogP contribution in [0.1, 0.15) is 16.2 Å². The minimum absolute atomic E-state index is 0.0479. The molecule has 2 rings (SSSR count). The van der Waals surface area contributed by atoms with Gasteiger partial charge in [-0.2, -0.15) is 5.10 Å². The molecule has 1 aliphatic rings. The molecule has 18 heavy (non-hydrogen) atoms. The van der Waals surface area contributed by atoms with Gasteiger partial charge in [-0.25, -0.2) is 0 Å². The van der Waals surface area contributed by atoms with Gasteiger partial charge in [-0.3, -0.25) is 14.4 Å². The molecule has 0 bridgehead atoms. The predicted octanol–water partition coefficient (Wildman–Crippen LogP) is -0.636.